The van der Waals surface area contributed by atoms with Gasteiger partial charge < -0.3 is 15.4 Å². The Labute approximate surface area is 118 Å². The highest BCUT2D eigenvalue weighted by Crippen LogP contribution is 2.56. The van der Waals surface area contributed by atoms with E-state index in [-0.39, 0.29) is 12.4 Å². The molecule has 0 amide bonds. The van der Waals surface area contributed by atoms with Crippen molar-refractivity contribution >= 4 is 17.5 Å². The van der Waals surface area contributed by atoms with Crippen molar-refractivity contribution in [1.82, 2.24) is 19.6 Å². The highest BCUT2D eigenvalue weighted by Gasteiger charge is 2.58. The molecule has 4 rings (SSSR count). The second-order valence-corrected chi connectivity index (χ2v) is 5.33. The van der Waals surface area contributed by atoms with Gasteiger partial charge in [0.1, 0.15) is 0 Å². The van der Waals surface area contributed by atoms with E-state index in [0.717, 1.165) is 0 Å². The molecule has 112 valence electrons. The van der Waals surface area contributed by atoms with Crippen molar-refractivity contribution in [3.8, 4) is 0 Å². The lowest BCUT2D eigenvalue weighted by Crippen LogP contribution is -2.37. The summed E-state index contributed by atoms with van der Waals surface area (Å²) in [7, 11) is 0. The number of aromatic nitrogens is 4. The molecule has 9 heteroatoms. The number of fused-ring (bicyclic) bond motifs is 1. The number of rotatable bonds is 2. The number of halogens is 2. The predicted octanol–water partition coefficient (Wildman–Crippen LogP) is 0.666. The average Bonchev–Trinajstić information content (AvgIpc) is 2.92. The van der Waals surface area contributed by atoms with Crippen LogP contribution in [0.1, 0.15) is 17.9 Å². The average molecular weight is 296 g/mol. The molecule has 1 saturated heterocycles. The molecule has 1 aliphatic carbocycles. The summed E-state index contributed by atoms with van der Waals surface area (Å²) in [6, 6.07) is 0. The Bertz CT molecular complexity index is 696. The molecule has 2 fully saturated rings. The van der Waals surface area contributed by atoms with E-state index in [2.05, 4.69) is 15.1 Å². The molecule has 1 atom stereocenters. The van der Waals surface area contributed by atoms with Crippen molar-refractivity contribution < 1.29 is 13.5 Å². The second kappa shape index (κ2) is 4.23. The minimum absolute atomic E-state index is 0.150. The number of nitrogen functional groups attached to an aromatic ring is 1. The number of hydrogen-bond donors (Lipinski definition) is 1. The van der Waals surface area contributed by atoms with Crippen LogP contribution in [0.2, 0.25) is 0 Å². The van der Waals surface area contributed by atoms with E-state index in [4.69, 9.17) is 10.5 Å². The summed E-state index contributed by atoms with van der Waals surface area (Å²) in [5.41, 5.74) is 6.67. The Kier molecular flexibility index (Phi) is 2.56. The minimum Gasteiger partial charge on any atom is -0.378 e. The van der Waals surface area contributed by atoms with E-state index in [1.54, 1.807) is 0 Å². The van der Waals surface area contributed by atoms with Crippen LogP contribution in [0, 0.1) is 0 Å². The first-order chi connectivity index (χ1) is 10.1. The molecule has 21 heavy (non-hydrogen) atoms. The van der Waals surface area contributed by atoms with Crippen molar-refractivity contribution in [3.05, 3.63) is 11.8 Å². The topological polar surface area (TPSA) is 81.6 Å². The molecule has 0 radical (unpaired) electrons. The first kappa shape index (κ1) is 12.7. The lowest BCUT2D eigenvalue weighted by molar-refractivity contribution is 0.112. The van der Waals surface area contributed by atoms with Gasteiger partial charge in [-0.3, -0.25) is 0 Å². The fraction of sp³-hybridized carbons (Fsp3) is 0.583. The molecule has 0 bridgehead atoms. The predicted molar refractivity (Wildman–Crippen MR) is 70.5 cm³/mol. The van der Waals surface area contributed by atoms with Gasteiger partial charge >= 0.3 is 0 Å². The van der Waals surface area contributed by atoms with E-state index in [1.165, 1.54) is 10.7 Å². The number of ether oxygens (including phenoxy) is 1. The summed E-state index contributed by atoms with van der Waals surface area (Å²) < 4.78 is 33.2. The Morgan fingerprint density at radius 2 is 2.00 bits per heavy atom. The molecule has 0 spiro atoms. The van der Waals surface area contributed by atoms with Crippen LogP contribution in [-0.4, -0.2) is 51.8 Å². The number of anilines is 2. The number of nitrogens with zero attached hydrogens (tertiary/aromatic N) is 5. The fourth-order valence-corrected chi connectivity index (χ4v) is 2.61. The Morgan fingerprint density at radius 1 is 1.29 bits per heavy atom. The van der Waals surface area contributed by atoms with Gasteiger partial charge in [0.15, 0.2) is 5.65 Å². The second-order valence-electron chi connectivity index (χ2n) is 5.33. The van der Waals surface area contributed by atoms with Gasteiger partial charge in [-0.15, -0.1) is 0 Å². The quantitative estimate of drug-likeness (QED) is 0.877. The van der Waals surface area contributed by atoms with E-state index < -0.39 is 11.8 Å². The highest BCUT2D eigenvalue weighted by molar-refractivity contribution is 5.57. The lowest BCUT2D eigenvalue weighted by atomic mass is 10.2. The van der Waals surface area contributed by atoms with E-state index >= 15 is 0 Å². The van der Waals surface area contributed by atoms with Crippen LogP contribution in [0.4, 0.5) is 20.7 Å². The smallest absolute Gasteiger partial charge is 0.256 e. The van der Waals surface area contributed by atoms with Gasteiger partial charge in [-0.2, -0.15) is 19.6 Å². The normalized spacial score (nSPS) is 24.5. The van der Waals surface area contributed by atoms with E-state index in [9.17, 15) is 8.78 Å². The van der Waals surface area contributed by atoms with E-state index in [1.807, 2.05) is 4.90 Å². The van der Waals surface area contributed by atoms with Gasteiger partial charge in [0.05, 0.1) is 25.3 Å². The van der Waals surface area contributed by atoms with Crippen LogP contribution in [0.3, 0.4) is 0 Å². The molecule has 1 aliphatic heterocycles. The zero-order chi connectivity index (χ0) is 14.6. The van der Waals surface area contributed by atoms with Gasteiger partial charge in [0, 0.05) is 25.1 Å². The van der Waals surface area contributed by atoms with Gasteiger partial charge in [-0.05, 0) is 0 Å². The maximum absolute atomic E-state index is 13.3. The molecule has 3 heterocycles. The zero-order valence-electron chi connectivity index (χ0n) is 11.2. The lowest BCUT2D eigenvalue weighted by Gasteiger charge is -2.26. The number of morpholine rings is 1. The Morgan fingerprint density at radius 3 is 2.67 bits per heavy atom. The van der Waals surface area contributed by atoms with Crippen molar-refractivity contribution in [1.29, 1.82) is 0 Å². The summed E-state index contributed by atoms with van der Waals surface area (Å²) in [5, 5.41) is 4.02. The van der Waals surface area contributed by atoms with Crippen molar-refractivity contribution in [2.75, 3.05) is 36.9 Å². The summed E-state index contributed by atoms with van der Waals surface area (Å²) >= 11 is 0. The van der Waals surface area contributed by atoms with Gasteiger partial charge in [0.2, 0.25) is 11.9 Å². The SMILES string of the molecule is Nc1nc(N2CCOCC2)nc2c(C3CC3(F)F)cnn12. The van der Waals surface area contributed by atoms with Crippen LogP contribution in [-0.2, 0) is 4.74 Å². The van der Waals surface area contributed by atoms with Crippen LogP contribution in [0.25, 0.3) is 5.65 Å². The molecule has 0 aromatic carbocycles. The third kappa shape index (κ3) is 1.99. The van der Waals surface area contributed by atoms with Crippen molar-refractivity contribution in [3.63, 3.8) is 0 Å². The van der Waals surface area contributed by atoms with Crippen molar-refractivity contribution in [2.45, 2.75) is 18.3 Å². The molecule has 1 unspecified atom stereocenters. The third-order valence-electron chi connectivity index (χ3n) is 3.90. The molecule has 2 aliphatic rings. The Hall–Kier alpha value is -2.03. The summed E-state index contributed by atoms with van der Waals surface area (Å²) in [5.74, 6) is -2.89. The molecule has 2 aromatic heterocycles. The van der Waals surface area contributed by atoms with Crippen LogP contribution >= 0.6 is 0 Å². The summed E-state index contributed by atoms with van der Waals surface area (Å²) in [4.78, 5) is 10.5. The van der Waals surface area contributed by atoms with Gasteiger partial charge in [-0.25, -0.2) is 8.78 Å². The first-order valence-corrected chi connectivity index (χ1v) is 6.78. The van der Waals surface area contributed by atoms with E-state index in [0.29, 0.717) is 43.5 Å². The summed E-state index contributed by atoms with van der Waals surface area (Å²) in [6.45, 7) is 2.47. The monoisotopic (exact) mass is 296 g/mol. The standard InChI is InChI=1S/C12H14F2N6O/c13-12(14)5-8(12)7-6-16-20-9(7)17-11(18-10(20)15)19-1-3-21-4-2-19/h6,8H,1-5H2,(H2,15,17,18). The third-order valence-corrected chi connectivity index (χ3v) is 3.90. The highest BCUT2D eigenvalue weighted by atomic mass is 19.3. The maximum Gasteiger partial charge on any atom is 0.256 e. The van der Waals surface area contributed by atoms with Crippen molar-refractivity contribution in [2.24, 2.45) is 0 Å². The van der Waals surface area contributed by atoms with Gasteiger partial charge in [0.25, 0.3) is 5.92 Å². The molecular weight excluding hydrogens is 282 g/mol. The fourth-order valence-electron chi connectivity index (χ4n) is 2.61. The number of hydrogen-bond acceptors (Lipinski definition) is 6. The molecule has 2 N–H and O–H groups in total. The molecule has 7 nitrogen and oxygen atoms in total. The molecular formula is C12H14F2N6O. The number of alkyl halides is 2. The Balaban J connectivity index is 1.78. The molecule has 1 saturated carbocycles. The van der Waals surface area contributed by atoms with Crippen LogP contribution in [0.5, 0.6) is 0 Å². The summed E-state index contributed by atoms with van der Waals surface area (Å²) in [6.07, 6.45) is 1.25. The number of nitrogens with two attached hydrogens (primary N) is 1. The van der Waals surface area contributed by atoms with Crippen LogP contribution < -0.4 is 10.6 Å². The minimum atomic E-state index is -2.66. The zero-order valence-corrected chi connectivity index (χ0v) is 11.2. The van der Waals surface area contributed by atoms with Gasteiger partial charge in [-0.1, -0.05) is 0 Å². The maximum atomic E-state index is 13.3. The largest absolute Gasteiger partial charge is 0.378 e. The first-order valence-electron chi connectivity index (χ1n) is 6.78. The van der Waals surface area contributed by atoms with Crippen LogP contribution in [0.15, 0.2) is 6.20 Å². The molecule has 2 aromatic rings.